The van der Waals surface area contributed by atoms with E-state index >= 15 is 0 Å². The quantitative estimate of drug-likeness (QED) is 0.355. The third-order valence-electron chi connectivity index (χ3n) is 6.07. The van der Waals surface area contributed by atoms with Gasteiger partial charge in [-0.05, 0) is 31.7 Å². The Labute approximate surface area is 161 Å². The van der Waals surface area contributed by atoms with Crippen LogP contribution in [0.15, 0.2) is 29.4 Å². The first-order valence-electron chi connectivity index (χ1n) is 9.06. The van der Waals surface area contributed by atoms with E-state index in [-0.39, 0.29) is 22.6 Å². The normalized spacial score (nSPS) is 26.4. The predicted octanol–water partition coefficient (Wildman–Crippen LogP) is 4.09. The van der Waals surface area contributed by atoms with E-state index in [0.717, 1.165) is 6.07 Å². The zero-order valence-electron chi connectivity index (χ0n) is 16.1. The van der Waals surface area contributed by atoms with Gasteiger partial charge in [0.1, 0.15) is 11.7 Å². The number of nitrogens with zero attached hydrogens (tertiary/aromatic N) is 4. The Kier molecular flexibility index (Phi) is 4.89. The molecule has 0 spiro atoms. The van der Waals surface area contributed by atoms with Gasteiger partial charge in [0, 0.05) is 23.4 Å². The van der Waals surface area contributed by atoms with Crippen molar-refractivity contribution in [3.05, 3.63) is 35.7 Å². The van der Waals surface area contributed by atoms with Crippen molar-refractivity contribution in [3.63, 3.8) is 0 Å². The topological polar surface area (TPSA) is 89.3 Å². The van der Waals surface area contributed by atoms with E-state index in [1.807, 2.05) is 13.8 Å². The summed E-state index contributed by atoms with van der Waals surface area (Å²) in [7, 11) is 1.69. The first kappa shape index (κ1) is 20.2. The molecule has 0 amide bonds. The summed E-state index contributed by atoms with van der Waals surface area (Å²) < 4.78 is 41.8. The summed E-state index contributed by atoms with van der Waals surface area (Å²) in [5.41, 5.74) is 4.35. The van der Waals surface area contributed by atoms with Gasteiger partial charge in [-0.1, -0.05) is 37.2 Å². The van der Waals surface area contributed by atoms with Crippen molar-refractivity contribution >= 4 is 5.84 Å². The van der Waals surface area contributed by atoms with Gasteiger partial charge in [0.15, 0.2) is 5.82 Å². The molecule has 9 heteroatoms. The molecule has 0 aliphatic heterocycles. The van der Waals surface area contributed by atoms with E-state index in [4.69, 9.17) is 10.9 Å². The summed E-state index contributed by atoms with van der Waals surface area (Å²) in [4.78, 5) is 0. The maximum atomic E-state index is 13.4. The highest BCUT2D eigenvalue weighted by Gasteiger charge is 2.44. The standard InChI is InChI=1S/C19H24F3N5O/c1-17(15(23)26-28)8-10-18(2,11-9-17)16-25-24-14(27(16)3)12-6-4-5-7-13(12)19(20,21)22/h4-7,28H,8-11H2,1-3H3,(H2,23,26). The van der Waals surface area contributed by atoms with Gasteiger partial charge in [-0.3, -0.25) is 0 Å². The minimum Gasteiger partial charge on any atom is -0.409 e. The second kappa shape index (κ2) is 6.79. The number of amidine groups is 1. The van der Waals surface area contributed by atoms with Gasteiger partial charge < -0.3 is 15.5 Å². The van der Waals surface area contributed by atoms with Gasteiger partial charge in [0.2, 0.25) is 0 Å². The van der Waals surface area contributed by atoms with E-state index in [2.05, 4.69) is 15.4 Å². The van der Waals surface area contributed by atoms with Crippen molar-refractivity contribution in [2.45, 2.75) is 51.1 Å². The number of rotatable bonds is 3. The number of nitrogens with two attached hydrogens (primary N) is 1. The number of alkyl halides is 3. The second-order valence-corrected chi connectivity index (χ2v) is 8.06. The van der Waals surface area contributed by atoms with Crippen LogP contribution in [0.25, 0.3) is 11.4 Å². The van der Waals surface area contributed by atoms with Crippen LogP contribution in [0.3, 0.4) is 0 Å². The third-order valence-corrected chi connectivity index (χ3v) is 6.07. The molecule has 2 aromatic rings. The lowest BCUT2D eigenvalue weighted by Gasteiger charge is -2.41. The maximum Gasteiger partial charge on any atom is 0.417 e. The highest BCUT2D eigenvalue weighted by Crippen LogP contribution is 2.47. The third kappa shape index (κ3) is 3.33. The van der Waals surface area contributed by atoms with Crippen LogP contribution in [-0.4, -0.2) is 25.8 Å². The minimum absolute atomic E-state index is 0.0113. The second-order valence-electron chi connectivity index (χ2n) is 8.06. The number of oxime groups is 1. The Bertz CT molecular complexity index is 895. The molecule has 1 fully saturated rings. The van der Waals surface area contributed by atoms with Gasteiger partial charge in [0.25, 0.3) is 0 Å². The summed E-state index contributed by atoms with van der Waals surface area (Å²) in [5.74, 6) is 1.03. The van der Waals surface area contributed by atoms with Gasteiger partial charge in [-0.2, -0.15) is 13.2 Å². The molecule has 28 heavy (non-hydrogen) atoms. The van der Waals surface area contributed by atoms with Crippen LogP contribution >= 0.6 is 0 Å². The van der Waals surface area contributed by atoms with Gasteiger partial charge in [-0.25, -0.2) is 0 Å². The fourth-order valence-electron chi connectivity index (χ4n) is 3.97. The van der Waals surface area contributed by atoms with E-state index in [1.54, 1.807) is 17.7 Å². The van der Waals surface area contributed by atoms with Crippen LogP contribution in [0.5, 0.6) is 0 Å². The van der Waals surface area contributed by atoms with Crippen LogP contribution in [0.2, 0.25) is 0 Å². The van der Waals surface area contributed by atoms with Crippen molar-refractivity contribution in [1.29, 1.82) is 0 Å². The largest absolute Gasteiger partial charge is 0.417 e. The minimum atomic E-state index is -4.47. The Morgan fingerprint density at radius 3 is 2.32 bits per heavy atom. The number of hydrogen-bond donors (Lipinski definition) is 2. The van der Waals surface area contributed by atoms with E-state index in [0.29, 0.717) is 31.5 Å². The molecule has 0 bridgehead atoms. The van der Waals surface area contributed by atoms with Crippen molar-refractivity contribution in [1.82, 2.24) is 14.8 Å². The van der Waals surface area contributed by atoms with Crippen LogP contribution in [0.1, 0.15) is 50.9 Å². The molecule has 0 saturated heterocycles. The smallest absolute Gasteiger partial charge is 0.409 e. The first-order valence-corrected chi connectivity index (χ1v) is 9.06. The van der Waals surface area contributed by atoms with Crippen LogP contribution in [-0.2, 0) is 18.6 Å². The van der Waals surface area contributed by atoms with E-state index < -0.39 is 17.2 Å². The predicted molar refractivity (Wildman–Crippen MR) is 98.8 cm³/mol. The molecular weight excluding hydrogens is 371 g/mol. The molecular formula is C19H24F3N5O. The molecule has 1 aromatic carbocycles. The molecule has 3 N–H and O–H groups in total. The zero-order valence-corrected chi connectivity index (χ0v) is 16.1. The Morgan fingerprint density at radius 2 is 1.75 bits per heavy atom. The van der Waals surface area contributed by atoms with Crippen LogP contribution < -0.4 is 5.73 Å². The average molecular weight is 395 g/mol. The number of hydrogen-bond acceptors (Lipinski definition) is 4. The zero-order chi connectivity index (χ0) is 20.7. The lowest BCUT2D eigenvalue weighted by atomic mass is 9.64. The molecule has 0 radical (unpaired) electrons. The monoisotopic (exact) mass is 395 g/mol. The number of aromatic nitrogens is 3. The SMILES string of the molecule is Cn1c(-c2ccccc2C(F)(F)F)nnc1C1(C)CCC(C)(/C(N)=N\O)CC1. The van der Waals surface area contributed by atoms with Crippen molar-refractivity contribution in [2.24, 2.45) is 23.4 Å². The number of halogens is 3. The summed E-state index contributed by atoms with van der Waals surface area (Å²) in [6.07, 6.45) is -1.71. The van der Waals surface area contributed by atoms with Crippen molar-refractivity contribution < 1.29 is 18.4 Å². The molecule has 0 atom stereocenters. The molecule has 6 nitrogen and oxygen atoms in total. The summed E-state index contributed by atoms with van der Waals surface area (Å²) in [6, 6.07) is 5.38. The Hall–Kier alpha value is -2.58. The fraction of sp³-hybridized carbons (Fsp3) is 0.526. The molecule has 1 aromatic heterocycles. The first-order chi connectivity index (χ1) is 13.0. The van der Waals surface area contributed by atoms with E-state index in [9.17, 15) is 13.2 Å². The van der Waals surface area contributed by atoms with Gasteiger partial charge in [0.05, 0.1) is 5.56 Å². The maximum absolute atomic E-state index is 13.4. The molecule has 152 valence electrons. The van der Waals surface area contributed by atoms with Crippen LogP contribution in [0.4, 0.5) is 13.2 Å². The Balaban J connectivity index is 1.96. The number of benzene rings is 1. The van der Waals surface area contributed by atoms with Crippen LogP contribution in [0, 0.1) is 5.41 Å². The Morgan fingerprint density at radius 1 is 1.14 bits per heavy atom. The molecule has 3 rings (SSSR count). The summed E-state index contributed by atoms with van der Waals surface area (Å²) in [5, 5.41) is 20.5. The molecule has 1 heterocycles. The van der Waals surface area contributed by atoms with Crippen molar-refractivity contribution in [2.75, 3.05) is 0 Å². The molecule has 1 saturated carbocycles. The highest BCUT2D eigenvalue weighted by molar-refractivity contribution is 5.85. The highest BCUT2D eigenvalue weighted by atomic mass is 19.4. The fourth-order valence-corrected chi connectivity index (χ4v) is 3.97. The summed E-state index contributed by atoms with van der Waals surface area (Å²) >= 11 is 0. The molecule has 1 aliphatic carbocycles. The molecule has 1 aliphatic rings. The lowest BCUT2D eigenvalue weighted by Crippen LogP contribution is -2.42. The van der Waals surface area contributed by atoms with E-state index in [1.165, 1.54) is 12.1 Å². The van der Waals surface area contributed by atoms with Gasteiger partial charge >= 0.3 is 6.18 Å². The lowest BCUT2D eigenvalue weighted by molar-refractivity contribution is -0.137. The average Bonchev–Trinajstić information content (AvgIpc) is 3.05. The van der Waals surface area contributed by atoms with Crippen molar-refractivity contribution in [3.8, 4) is 11.4 Å². The van der Waals surface area contributed by atoms with Gasteiger partial charge in [-0.15, -0.1) is 10.2 Å². The summed E-state index contributed by atoms with van der Waals surface area (Å²) in [6.45, 7) is 3.98. The molecule has 0 unspecified atom stereocenters.